The number of anilines is 2. The molecule has 1 atom stereocenters. The summed E-state index contributed by atoms with van der Waals surface area (Å²) >= 11 is 0. The topological polar surface area (TPSA) is 48.3 Å². The average Bonchev–Trinajstić information content (AvgIpc) is 2.97. The third kappa shape index (κ3) is 3.67. The molecular weight excluding hydrogens is 324 g/mol. The maximum Gasteiger partial charge on any atom is 0.261 e. The zero-order valence-electron chi connectivity index (χ0n) is 15.5. The number of carbonyl (C=O) groups is 1. The molecule has 0 saturated heterocycles. The molecule has 5 heteroatoms. The van der Waals surface area contributed by atoms with Crippen LogP contribution in [-0.2, 0) is 4.79 Å². The van der Waals surface area contributed by atoms with Gasteiger partial charge in [-0.2, -0.15) is 10.1 Å². The molecular formula is C21H24N4O. The van der Waals surface area contributed by atoms with E-state index in [1.165, 1.54) is 10.7 Å². The Kier molecular flexibility index (Phi) is 5.46. The summed E-state index contributed by atoms with van der Waals surface area (Å²) in [5.41, 5.74) is 3.54. The van der Waals surface area contributed by atoms with E-state index in [4.69, 9.17) is 0 Å². The molecule has 2 aromatic carbocycles. The molecule has 0 unspecified atom stereocenters. The largest absolute Gasteiger partial charge is 0.372 e. The molecule has 1 aliphatic heterocycles. The molecule has 1 amide bonds. The lowest BCUT2D eigenvalue weighted by Crippen LogP contribution is -2.27. The van der Waals surface area contributed by atoms with Gasteiger partial charge in [0.05, 0.1) is 17.1 Å². The van der Waals surface area contributed by atoms with Crippen LogP contribution in [-0.4, -0.2) is 30.9 Å². The van der Waals surface area contributed by atoms with Crippen molar-refractivity contribution in [3.8, 4) is 0 Å². The fourth-order valence-corrected chi connectivity index (χ4v) is 3.00. The van der Waals surface area contributed by atoms with Gasteiger partial charge in [-0.15, -0.1) is 0 Å². The van der Waals surface area contributed by atoms with Crippen LogP contribution in [0.4, 0.5) is 17.1 Å². The van der Waals surface area contributed by atoms with Gasteiger partial charge in [0.15, 0.2) is 0 Å². The van der Waals surface area contributed by atoms with Crippen molar-refractivity contribution in [3.63, 3.8) is 0 Å². The van der Waals surface area contributed by atoms with Crippen LogP contribution in [0.25, 0.3) is 0 Å². The summed E-state index contributed by atoms with van der Waals surface area (Å²) in [6.07, 6.45) is 1.69. The van der Waals surface area contributed by atoms with Gasteiger partial charge in [-0.05, 0) is 57.2 Å². The van der Waals surface area contributed by atoms with Gasteiger partial charge in [0, 0.05) is 25.0 Å². The molecule has 2 aromatic rings. The third-order valence-corrected chi connectivity index (χ3v) is 4.53. The number of aliphatic imine (C=N–C) groups is 1. The second kappa shape index (κ2) is 7.95. The number of para-hydroxylation sites is 1. The van der Waals surface area contributed by atoms with E-state index < -0.39 is 5.92 Å². The SMILES string of the molecule is CCN(CC)c1ccc(N=C[C@@H]2C(=O)N(c3ccccc3)N=C2C)cc1. The fourth-order valence-electron chi connectivity index (χ4n) is 3.00. The van der Waals surface area contributed by atoms with Crippen LogP contribution in [0.2, 0.25) is 0 Å². The minimum absolute atomic E-state index is 0.0720. The van der Waals surface area contributed by atoms with Gasteiger partial charge < -0.3 is 4.90 Å². The highest BCUT2D eigenvalue weighted by Gasteiger charge is 2.33. The van der Waals surface area contributed by atoms with E-state index in [-0.39, 0.29) is 5.91 Å². The Hall–Kier alpha value is -2.95. The number of carbonyl (C=O) groups excluding carboxylic acids is 1. The molecule has 134 valence electrons. The van der Waals surface area contributed by atoms with Crippen molar-refractivity contribution in [2.75, 3.05) is 23.0 Å². The minimum atomic E-state index is -0.419. The Morgan fingerprint density at radius 1 is 1.08 bits per heavy atom. The lowest BCUT2D eigenvalue weighted by molar-refractivity contribution is -0.118. The van der Waals surface area contributed by atoms with Crippen LogP contribution in [0.1, 0.15) is 20.8 Å². The molecule has 0 N–H and O–H groups in total. The minimum Gasteiger partial charge on any atom is -0.372 e. The van der Waals surface area contributed by atoms with E-state index in [0.717, 1.165) is 30.2 Å². The second-order valence-corrected chi connectivity index (χ2v) is 6.17. The molecule has 0 spiro atoms. The number of nitrogens with zero attached hydrogens (tertiary/aromatic N) is 4. The molecule has 0 aliphatic carbocycles. The first-order chi connectivity index (χ1) is 12.6. The monoisotopic (exact) mass is 348 g/mol. The van der Waals surface area contributed by atoms with Crippen LogP contribution in [0.5, 0.6) is 0 Å². The number of rotatable bonds is 6. The average molecular weight is 348 g/mol. The van der Waals surface area contributed by atoms with Crippen LogP contribution in [0.15, 0.2) is 64.7 Å². The van der Waals surface area contributed by atoms with Crippen LogP contribution in [0.3, 0.4) is 0 Å². The summed E-state index contributed by atoms with van der Waals surface area (Å²) in [7, 11) is 0. The zero-order valence-corrected chi connectivity index (χ0v) is 15.5. The van der Waals surface area contributed by atoms with Crippen molar-refractivity contribution in [2.45, 2.75) is 20.8 Å². The summed E-state index contributed by atoms with van der Waals surface area (Å²) in [6.45, 7) is 8.09. The predicted molar refractivity (Wildman–Crippen MR) is 109 cm³/mol. The Morgan fingerprint density at radius 2 is 1.73 bits per heavy atom. The van der Waals surface area contributed by atoms with Crippen LogP contribution >= 0.6 is 0 Å². The molecule has 0 bridgehead atoms. The number of benzene rings is 2. The van der Waals surface area contributed by atoms with Crippen molar-refractivity contribution < 1.29 is 4.79 Å². The van der Waals surface area contributed by atoms with Gasteiger partial charge in [-0.3, -0.25) is 9.79 Å². The summed E-state index contributed by atoms with van der Waals surface area (Å²) in [4.78, 5) is 19.4. The highest BCUT2D eigenvalue weighted by atomic mass is 16.2. The van der Waals surface area contributed by atoms with E-state index in [1.54, 1.807) is 6.21 Å². The highest BCUT2D eigenvalue weighted by molar-refractivity contribution is 6.23. The quantitative estimate of drug-likeness (QED) is 0.732. The molecule has 0 fully saturated rings. The molecule has 0 aromatic heterocycles. The van der Waals surface area contributed by atoms with Crippen molar-refractivity contribution >= 4 is 34.9 Å². The second-order valence-electron chi connectivity index (χ2n) is 6.17. The predicted octanol–water partition coefficient (Wildman–Crippen LogP) is 4.27. The Morgan fingerprint density at radius 3 is 2.35 bits per heavy atom. The van der Waals surface area contributed by atoms with Gasteiger partial charge in [0.1, 0.15) is 5.92 Å². The number of hydrazone groups is 1. The van der Waals surface area contributed by atoms with E-state index >= 15 is 0 Å². The number of hydrogen-bond acceptors (Lipinski definition) is 4. The van der Waals surface area contributed by atoms with Crippen molar-refractivity contribution in [3.05, 3.63) is 54.6 Å². The molecule has 1 heterocycles. The highest BCUT2D eigenvalue weighted by Crippen LogP contribution is 2.24. The van der Waals surface area contributed by atoms with Gasteiger partial charge in [0.2, 0.25) is 0 Å². The molecule has 26 heavy (non-hydrogen) atoms. The molecule has 0 saturated carbocycles. The van der Waals surface area contributed by atoms with E-state index in [1.807, 2.05) is 49.4 Å². The Balaban J connectivity index is 1.73. The van der Waals surface area contributed by atoms with Gasteiger partial charge in [-0.25, -0.2) is 0 Å². The van der Waals surface area contributed by atoms with Gasteiger partial charge >= 0.3 is 0 Å². The number of hydrogen-bond donors (Lipinski definition) is 0. The summed E-state index contributed by atoms with van der Waals surface area (Å²) < 4.78 is 0. The van der Waals surface area contributed by atoms with Gasteiger partial charge in [-0.1, -0.05) is 18.2 Å². The maximum atomic E-state index is 12.7. The van der Waals surface area contributed by atoms with Crippen molar-refractivity contribution in [1.82, 2.24) is 0 Å². The smallest absolute Gasteiger partial charge is 0.261 e. The summed E-state index contributed by atoms with van der Waals surface area (Å²) in [6, 6.07) is 17.5. The first kappa shape index (κ1) is 17.9. The molecule has 0 radical (unpaired) electrons. The molecule has 3 rings (SSSR count). The summed E-state index contributed by atoms with van der Waals surface area (Å²) in [5, 5.41) is 5.85. The Labute approximate surface area is 154 Å². The van der Waals surface area contributed by atoms with E-state index in [0.29, 0.717) is 0 Å². The van der Waals surface area contributed by atoms with E-state index in [2.05, 4.69) is 41.0 Å². The fraction of sp³-hybridized carbons (Fsp3) is 0.286. The zero-order chi connectivity index (χ0) is 18.5. The molecule has 5 nitrogen and oxygen atoms in total. The number of amides is 1. The van der Waals surface area contributed by atoms with Crippen molar-refractivity contribution in [1.29, 1.82) is 0 Å². The van der Waals surface area contributed by atoms with Crippen LogP contribution < -0.4 is 9.91 Å². The van der Waals surface area contributed by atoms with Crippen molar-refractivity contribution in [2.24, 2.45) is 16.0 Å². The lowest BCUT2D eigenvalue weighted by Gasteiger charge is -2.20. The lowest BCUT2D eigenvalue weighted by atomic mass is 10.1. The maximum absolute atomic E-state index is 12.7. The van der Waals surface area contributed by atoms with E-state index in [9.17, 15) is 4.79 Å². The first-order valence-corrected chi connectivity index (χ1v) is 8.97. The van der Waals surface area contributed by atoms with Crippen LogP contribution in [0, 0.1) is 5.92 Å². The summed E-state index contributed by atoms with van der Waals surface area (Å²) in [5.74, 6) is -0.491. The standard InChI is InChI=1S/C21H24N4O/c1-4-24(5-2)18-13-11-17(12-14-18)22-15-20-16(3)23-25(21(20)26)19-9-7-6-8-10-19/h6-15,20H,4-5H2,1-3H3/t20-/m0/s1. The normalized spacial score (nSPS) is 17.0. The third-order valence-electron chi connectivity index (χ3n) is 4.53. The first-order valence-electron chi connectivity index (χ1n) is 8.97. The molecule has 1 aliphatic rings. The van der Waals surface area contributed by atoms with Gasteiger partial charge in [0.25, 0.3) is 5.91 Å². The Bertz CT molecular complexity index is 808.